The smallest absolute Gasteiger partial charge is 0.872 e. The maximum absolute atomic E-state index is 12.0. The molecule has 2 aromatic rings. The Hall–Kier alpha value is -2.11. The van der Waals surface area contributed by atoms with E-state index in [2.05, 4.69) is 9.98 Å². The Morgan fingerprint density at radius 3 is 1.44 bits per heavy atom. The quantitative estimate of drug-likeness (QED) is 0.590. The van der Waals surface area contributed by atoms with Crippen molar-refractivity contribution in [1.29, 1.82) is 0 Å². The van der Waals surface area contributed by atoms with Crippen LogP contribution in [0.15, 0.2) is 34.3 Å². The number of nitrogens with zero attached hydrogens (tertiary/aromatic N) is 2. The van der Waals surface area contributed by atoms with E-state index in [1.54, 1.807) is 26.3 Å². The maximum atomic E-state index is 12.0. The van der Waals surface area contributed by atoms with Crippen molar-refractivity contribution in [1.82, 2.24) is 0 Å². The molecule has 2 aromatic carbocycles. The van der Waals surface area contributed by atoms with Crippen molar-refractivity contribution >= 4 is 12.4 Å². The molecular weight excluding hydrogens is 359 g/mol. The van der Waals surface area contributed by atoms with Crippen molar-refractivity contribution in [3.05, 3.63) is 57.6 Å². The van der Waals surface area contributed by atoms with Crippen molar-refractivity contribution in [3.8, 4) is 11.5 Å². The largest absolute Gasteiger partial charge is 2.00 e. The average Bonchev–Trinajstić information content (AvgIpc) is 2.51. The zero-order valence-corrected chi connectivity index (χ0v) is 16.0. The third kappa shape index (κ3) is 5.72. The minimum atomic E-state index is 0. The van der Waals surface area contributed by atoms with Gasteiger partial charge in [-0.15, -0.1) is 0 Å². The summed E-state index contributed by atoms with van der Waals surface area (Å²) < 4.78 is 0. The Bertz CT molecular complexity index is 731. The van der Waals surface area contributed by atoms with Crippen LogP contribution in [0.2, 0.25) is 0 Å². The Morgan fingerprint density at radius 1 is 0.720 bits per heavy atom. The van der Waals surface area contributed by atoms with Crippen LogP contribution in [0, 0.1) is 27.7 Å². The molecular formula is C20H22CoN2O2. The molecule has 4 nitrogen and oxygen atoms in total. The first-order valence-electron chi connectivity index (χ1n) is 7.94. The van der Waals surface area contributed by atoms with Crippen LogP contribution in [0.1, 0.15) is 33.4 Å². The summed E-state index contributed by atoms with van der Waals surface area (Å²) in [4.78, 5) is 8.51. The van der Waals surface area contributed by atoms with E-state index in [0.717, 1.165) is 22.3 Å². The first kappa shape index (κ1) is 20.9. The summed E-state index contributed by atoms with van der Waals surface area (Å²) in [6.45, 7) is 8.48. The summed E-state index contributed by atoms with van der Waals surface area (Å²) in [7, 11) is 0. The molecule has 0 saturated heterocycles. The van der Waals surface area contributed by atoms with Crippen LogP contribution < -0.4 is 10.2 Å². The van der Waals surface area contributed by atoms with E-state index in [0.29, 0.717) is 24.2 Å². The van der Waals surface area contributed by atoms with E-state index in [9.17, 15) is 10.2 Å². The van der Waals surface area contributed by atoms with E-state index in [1.165, 1.54) is 0 Å². The standard InChI is InChI=1S/C20H24N2O2.Co/c1-13-7-15(3)19(23)17(9-13)11-21-5-6-22-12-18-10-14(2)8-16(4)20(18)24;/h7-12,23-24H,5-6H2,1-4H3;/q;+2/p-2. The normalized spacial score (nSPS) is 11.2. The first-order chi connectivity index (χ1) is 11.4. The molecule has 25 heavy (non-hydrogen) atoms. The molecule has 0 unspecified atom stereocenters. The molecule has 0 fully saturated rings. The first-order valence-corrected chi connectivity index (χ1v) is 7.94. The van der Waals surface area contributed by atoms with Crippen LogP contribution in [0.25, 0.3) is 0 Å². The van der Waals surface area contributed by atoms with Gasteiger partial charge in [0, 0.05) is 12.4 Å². The van der Waals surface area contributed by atoms with Crippen molar-refractivity contribution in [2.45, 2.75) is 27.7 Å². The van der Waals surface area contributed by atoms with Gasteiger partial charge in [0.1, 0.15) is 0 Å². The van der Waals surface area contributed by atoms with Gasteiger partial charge >= 0.3 is 16.8 Å². The van der Waals surface area contributed by atoms with Gasteiger partial charge in [0.25, 0.3) is 0 Å². The van der Waals surface area contributed by atoms with Crippen molar-refractivity contribution < 1.29 is 27.0 Å². The number of aliphatic imine (C=N–C) groups is 2. The third-order valence-electron chi connectivity index (χ3n) is 3.71. The minimum Gasteiger partial charge on any atom is -0.872 e. The van der Waals surface area contributed by atoms with E-state index in [-0.39, 0.29) is 28.3 Å². The molecule has 0 saturated carbocycles. The average molecular weight is 381 g/mol. The summed E-state index contributed by atoms with van der Waals surface area (Å²) in [5.74, 6) is 0.0261. The second kappa shape index (κ2) is 9.39. The van der Waals surface area contributed by atoms with Gasteiger partial charge in [-0.05, 0) is 38.8 Å². The van der Waals surface area contributed by atoms with Gasteiger partial charge < -0.3 is 10.2 Å². The fraction of sp³-hybridized carbons (Fsp3) is 0.300. The topological polar surface area (TPSA) is 70.8 Å². The number of hydrogen-bond donors (Lipinski definition) is 0. The van der Waals surface area contributed by atoms with Crippen LogP contribution >= 0.6 is 0 Å². The summed E-state index contributed by atoms with van der Waals surface area (Å²) in [5, 5.41) is 23.9. The second-order valence-electron chi connectivity index (χ2n) is 6.07. The Morgan fingerprint density at radius 2 is 1.08 bits per heavy atom. The van der Waals surface area contributed by atoms with Crippen LogP contribution in [-0.4, -0.2) is 25.5 Å². The van der Waals surface area contributed by atoms with E-state index < -0.39 is 0 Å². The molecule has 133 valence electrons. The fourth-order valence-electron chi connectivity index (χ4n) is 2.61. The number of hydrogen-bond acceptors (Lipinski definition) is 4. The molecule has 0 heterocycles. The predicted molar refractivity (Wildman–Crippen MR) is 95.6 cm³/mol. The molecule has 0 atom stereocenters. The van der Waals surface area contributed by atoms with Gasteiger partial charge in [0.15, 0.2) is 0 Å². The van der Waals surface area contributed by atoms with Crippen molar-refractivity contribution in [2.24, 2.45) is 9.98 Å². The molecule has 2 rings (SSSR count). The maximum Gasteiger partial charge on any atom is 2.00 e. The molecule has 0 N–H and O–H groups in total. The zero-order valence-electron chi connectivity index (χ0n) is 14.9. The molecule has 0 aliphatic rings. The SMILES string of the molecule is Cc1cc(C)c([O-])c(C=NCCN=Cc2cc(C)cc(C)c2[O-])c1.[Co+2]. The van der Waals surface area contributed by atoms with E-state index in [4.69, 9.17) is 0 Å². The summed E-state index contributed by atoms with van der Waals surface area (Å²) in [6.07, 6.45) is 3.21. The molecule has 1 radical (unpaired) electrons. The van der Waals surface area contributed by atoms with Gasteiger partial charge in [-0.2, -0.15) is 0 Å². The van der Waals surface area contributed by atoms with Gasteiger partial charge in [-0.3, -0.25) is 9.98 Å². The molecule has 0 amide bonds. The van der Waals surface area contributed by atoms with Crippen LogP contribution in [0.5, 0.6) is 11.5 Å². The molecule has 0 spiro atoms. The summed E-state index contributed by atoms with van der Waals surface area (Å²) in [6, 6.07) is 7.41. The fourth-order valence-corrected chi connectivity index (χ4v) is 2.61. The number of rotatable bonds is 5. The Labute approximate surface area is 159 Å². The predicted octanol–water partition coefficient (Wildman–Crippen LogP) is 2.60. The Kier molecular flexibility index (Phi) is 7.86. The van der Waals surface area contributed by atoms with Crippen LogP contribution in [0.3, 0.4) is 0 Å². The second-order valence-corrected chi connectivity index (χ2v) is 6.07. The Balaban J connectivity index is 0.00000312. The third-order valence-corrected chi connectivity index (χ3v) is 3.71. The minimum absolute atomic E-state index is 0. The van der Waals surface area contributed by atoms with E-state index in [1.807, 2.05) is 38.1 Å². The van der Waals surface area contributed by atoms with Crippen molar-refractivity contribution in [2.75, 3.05) is 13.1 Å². The van der Waals surface area contributed by atoms with Gasteiger partial charge in [0.2, 0.25) is 0 Å². The molecule has 0 aromatic heterocycles. The van der Waals surface area contributed by atoms with E-state index >= 15 is 0 Å². The monoisotopic (exact) mass is 381 g/mol. The number of aryl methyl sites for hydroxylation is 4. The summed E-state index contributed by atoms with van der Waals surface area (Å²) in [5.41, 5.74) is 4.76. The molecule has 0 bridgehead atoms. The molecule has 0 aliphatic carbocycles. The van der Waals surface area contributed by atoms with Crippen LogP contribution in [0.4, 0.5) is 0 Å². The van der Waals surface area contributed by atoms with Crippen molar-refractivity contribution in [3.63, 3.8) is 0 Å². The van der Waals surface area contributed by atoms with Crippen LogP contribution in [-0.2, 0) is 16.8 Å². The number of benzene rings is 2. The molecule has 5 heteroatoms. The molecule has 0 aliphatic heterocycles. The van der Waals surface area contributed by atoms with Gasteiger partial charge in [-0.1, -0.05) is 58.0 Å². The van der Waals surface area contributed by atoms with Gasteiger partial charge in [-0.25, -0.2) is 0 Å². The zero-order chi connectivity index (χ0) is 17.7. The summed E-state index contributed by atoms with van der Waals surface area (Å²) >= 11 is 0. The van der Waals surface area contributed by atoms with Gasteiger partial charge in [0.05, 0.1) is 13.1 Å².